The molecule has 1 heterocycles. The summed E-state index contributed by atoms with van der Waals surface area (Å²) in [6, 6.07) is 2.99. The molecular formula is C15H21Cl2NO4S. The van der Waals surface area contributed by atoms with Gasteiger partial charge in [-0.15, -0.1) is 0 Å². The summed E-state index contributed by atoms with van der Waals surface area (Å²) in [5.41, 5.74) is 0. The molecule has 1 aromatic carbocycles. The Morgan fingerprint density at radius 1 is 1.22 bits per heavy atom. The van der Waals surface area contributed by atoms with E-state index in [0.29, 0.717) is 32.1 Å². The summed E-state index contributed by atoms with van der Waals surface area (Å²) in [5, 5.41) is 0.111. The van der Waals surface area contributed by atoms with Gasteiger partial charge in [-0.2, -0.15) is 4.31 Å². The molecule has 0 spiro atoms. The number of rotatable bonds is 9. The first kappa shape index (κ1) is 18.8. The largest absolute Gasteiger partial charge is 0.489 e. The minimum absolute atomic E-state index is 0.00177. The number of sulfonamides is 1. The van der Waals surface area contributed by atoms with Gasteiger partial charge in [0.05, 0.1) is 11.6 Å². The summed E-state index contributed by atoms with van der Waals surface area (Å²) in [6.45, 7) is 5.80. The standard InChI is InChI=1S/C15H21Cl2NO4S/c1-3-7-18(8-4-2)23(19,20)13-6-5-12(14(16)15(13)17)22-10-11-9-21-11/h5-6,11H,3-4,7-10H2,1-2H3. The number of ether oxygens (including phenoxy) is 2. The monoisotopic (exact) mass is 381 g/mol. The number of nitrogens with zero attached hydrogens (tertiary/aromatic N) is 1. The van der Waals surface area contributed by atoms with Crippen molar-refractivity contribution >= 4 is 33.2 Å². The SMILES string of the molecule is CCCN(CCC)S(=O)(=O)c1ccc(OCC2CO2)c(Cl)c1Cl. The number of hydrogen-bond donors (Lipinski definition) is 0. The molecule has 0 radical (unpaired) electrons. The minimum Gasteiger partial charge on any atom is -0.489 e. The number of halogens is 2. The third-order valence-corrected chi connectivity index (χ3v) is 6.32. The summed E-state index contributed by atoms with van der Waals surface area (Å²) >= 11 is 12.4. The first-order valence-corrected chi connectivity index (χ1v) is 9.84. The van der Waals surface area contributed by atoms with Crippen molar-refractivity contribution in [2.24, 2.45) is 0 Å². The molecule has 0 aliphatic carbocycles. The van der Waals surface area contributed by atoms with Crippen LogP contribution in [0.5, 0.6) is 5.75 Å². The van der Waals surface area contributed by atoms with Crippen molar-refractivity contribution < 1.29 is 17.9 Å². The summed E-state index contributed by atoms with van der Waals surface area (Å²) < 4.78 is 37.6. The van der Waals surface area contributed by atoms with Gasteiger partial charge in [-0.25, -0.2) is 8.42 Å². The van der Waals surface area contributed by atoms with Gasteiger partial charge in [0.25, 0.3) is 0 Å². The van der Waals surface area contributed by atoms with Gasteiger partial charge in [0.1, 0.15) is 28.4 Å². The van der Waals surface area contributed by atoms with E-state index in [4.69, 9.17) is 32.7 Å². The Morgan fingerprint density at radius 3 is 2.35 bits per heavy atom. The van der Waals surface area contributed by atoms with E-state index in [1.54, 1.807) is 6.07 Å². The highest BCUT2D eigenvalue weighted by atomic mass is 35.5. The highest BCUT2D eigenvalue weighted by Gasteiger charge is 2.28. The maximum atomic E-state index is 12.8. The molecule has 0 aromatic heterocycles. The van der Waals surface area contributed by atoms with Gasteiger partial charge in [0.2, 0.25) is 10.0 Å². The summed E-state index contributed by atoms with van der Waals surface area (Å²) in [7, 11) is -3.68. The van der Waals surface area contributed by atoms with Gasteiger partial charge in [0.15, 0.2) is 0 Å². The van der Waals surface area contributed by atoms with E-state index >= 15 is 0 Å². The predicted molar refractivity (Wildman–Crippen MR) is 91.0 cm³/mol. The maximum Gasteiger partial charge on any atom is 0.244 e. The number of epoxide rings is 1. The zero-order chi connectivity index (χ0) is 17.0. The Morgan fingerprint density at radius 2 is 1.83 bits per heavy atom. The topological polar surface area (TPSA) is 59.1 Å². The van der Waals surface area contributed by atoms with E-state index in [0.717, 1.165) is 12.8 Å². The van der Waals surface area contributed by atoms with Crippen molar-refractivity contribution in [3.8, 4) is 5.75 Å². The third-order valence-electron chi connectivity index (χ3n) is 3.40. The normalized spacial score (nSPS) is 17.5. The Bertz CT molecular complexity index is 641. The lowest BCUT2D eigenvalue weighted by Crippen LogP contribution is -2.32. The van der Waals surface area contributed by atoms with Crippen molar-refractivity contribution in [3.63, 3.8) is 0 Å². The molecule has 23 heavy (non-hydrogen) atoms. The number of hydrogen-bond acceptors (Lipinski definition) is 4. The first-order chi connectivity index (χ1) is 10.9. The van der Waals surface area contributed by atoms with Crippen molar-refractivity contribution in [1.82, 2.24) is 4.31 Å². The van der Waals surface area contributed by atoms with Crippen LogP contribution >= 0.6 is 23.2 Å². The van der Waals surface area contributed by atoms with Gasteiger partial charge in [-0.05, 0) is 25.0 Å². The quantitative estimate of drug-likeness (QED) is 0.613. The fraction of sp³-hybridized carbons (Fsp3) is 0.600. The first-order valence-electron chi connectivity index (χ1n) is 7.64. The summed E-state index contributed by atoms with van der Waals surface area (Å²) in [5.74, 6) is 0.364. The predicted octanol–water partition coefficient (Wildman–Crippen LogP) is 3.58. The molecule has 1 aromatic rings. The maximum absolute atomic E-state index is 12.8. The fourth-order valence-corrected chi connectivity index (χ4v) is 4.58. The van der Waals surface area contributed by atoms with Crippen LogP contribution in [0.2, 0.25) is 10.0 Å². The molecule has 130 valence electrons. The van der Waals surface area contributed by atoms with Crippen LogP contribution in [0, 0.1) is 0 Å². The van der Waals surface area contributed by atoms with E-state index < -0.39 is 10.0 Å². The Kier molecular flexibility index (Phi) is 6.57. The Balaban J connectivity index is 2.28. The average molecular weight is 382 g/mol. The van der Waals surface area contributed by atoms with Gasteiger partial charge < -0.3 is 9.47 Å². The van der Waals surface area contributed by atoms with E-state index in [2.05, 4.69) is 0 Å². The molecule has 1 atom stereocenters. The van der Waals surface area contributed by atoms with E-state index in [1.165, 1.54) is 10.4 Å². The highest BCUT2D eigenvalue weighted by molar-refractivity contribution is 7.89. The van der Waals surface area contributed by atoms with Gasteiger partial charge >= 0.3 is 0 Å². The van der Waals surface area contributed by atoms with Gasteiger partial charge in [-0.3, -0.25) is 0 Å². The van der Waals surface area contributed by atoms with E-state index in [1.807, 2.05) is 13.8 Å². The van der Waals surface area contributed by atoms with Crippen LogP contribution < -0.4 is 4.74 Å². The minimum atomic E-state index is -3.68. The lowest BCUT2D eigenvalue weighted by atomic mass is 10.3. The Labute approximate surface area is 147 Å². The van der Waals surface area contributed by atoms with Crippen LogP contribution in [-0.2, 0) is 14.8 Å². The zero-order valence-electron chi connectivity index (χ0n) is 13.2. The zero-order valence-corrected chi connectivity index (χ0v) is 15.5. The lowest BCUT2D eigenvalue weighted by Gasteiger charge is -2.22. The average Bonchev–Trinajstić information content (AvgIpc) is 3.32. The molecular weight excluding hydrogens is 361 g/mol. The van der Waals surface area contributed by atoms with Gasteiger partial charge in [-0.1, -0.05) is 37.0 Å². The van der Waals surface area contributed by atoms with Crippen LogP contribution in [0.3, 0.4) is 0 Å². The highest BCUT2D eigenvalue weighted by Crippen LogP contribution is 2.38. The van der Waals surface area contributed by atoms with Crippen molar-refractivity contribution in [2.45, 2.75) is 37.7 Å². The molecule has 1 unspecified atom stereocenters. The second-order valence-corrected chi connectivity index (χ2v) is 8.02. The second kappa shape index (κ2) is 8.03. The molecule has 0 bridgehead atoms. The van der Waals surface area contributed by atoms with Crippen LogP contribution in [0.25, 0.3) is 0 Å². The molecule has 8 heteroatoms. The molecule has 1 fully saturated rings. The van der Waals surface area contributed by atoms with Crippen LogP contribution in [-0.4, -0.2) is 45.1 Å². The second-order valence-electron chi connectivity index (χ2n) is 5.36. The Hall–Kier alpha value is -0.530. The van der Waals surface area contributed by atoms with Gasteiger partial charge in [0, 0.05) is 13.1 Å². The fourth-order valence-electron chi connectivity index (χ4n) is 2.16. The third kappa shape index (κ3) is 4.51. The van der Waals surface area contributed by atoms with E-state index in [9.17, 15) is 8.42 Å². The smallest absolute Gasteiger partial charge is 0.244 e. The molecule has 0 saturated carbocycles. The molecule has 0 amide bonds. The van der Waals surface area contributed by atoms with Crippen LogP contribution in [0.4, 0.5) is 0 Å². The molecule has 1 aliphatic rings. The lowest BCUT2D eigenvalue weighted by molar-refractivity contribution is 0.263. The molecule has 5 nitrogen and oxygen atoms in total. The summed E-state index contributed by atoms with van der Waals surface area (Å²) in [6.07, 6.45) is 1.54. The molecule has 0 N–H and O–H groups in total. The number of benzene rings is 1. The van der Waals surface area contributed by atoms with Crippen LogP contribution in [0.15, 0.2) is 17.0 Å². The van der Waals surface area contributed by atoms with Crippen molar-refractivity contribution in [1.29, 1.82) is 0 Å². The molecule has 1 aliphatic heterocycles. The van der Waals surface area contributed by atoms with Crippen molar-refractivity contribution in [2.75, 3.05) is 26.3 Å². The molecule has 2 rings (SSSR count). The van der Waals surface area contributed by atoms with Crippen LogP contribution in [0.1, 0.15) is 26.7 Å². The summed E-state index contributed by atoms with van der Waals surface area (Å²) in [4.78, 5) is 0.0149. The molecule has 1 saturated heterocycles. The van der Waals surface area contributed by atoms with E-state index in [-0.39, 0.29) is 21.0 Å². The van der Waals surface area contributed by atoms with Crippen molar-refractivity contribution in [3.05, 3.63) is 22.2 Å².